The quantitative estimate of drug-likeness (QED) is 0.321. The van der Waals surface area contributed by atoms with Gasteiger partial charge in [0.25, 0.3) is 5.91 Å². The summed E-state index contributed by atoms with van der Waals surface area (Å²) in [6.07, 6.45) is 0. The maximum atomic E-state index is 14.0. The molecule has 0 aliphatic carbocycles. The van der Waals surface area contributed by atoms with Gasteiger partial charge in [-0.3, -0.25) is 9.69 Å². The van der Waals surface area contributed by atoms with E-state index in [2.05, 4.69) is 101 Å². The van der Waals surface area contributed by atoms with E-state index in [4.69, 9.17) is 4.74 Å². The fourth-order valence-electron chi connectivity index (χ4n) is 5.54. The number of benzene rings is 3. The predicted octanol–water partition coefficient (Wildman–Crippen LogP) is 5.91. The molecule has 3 aromatic carbocycles. The van der Waals surface area contributed by atoms with Crippen LogP contribution in [0, 0.1) is 13.8 Å². The number of carbonyl (C=O) groups is 1. The van der Waals surface area contributed by atoms with Gasteiger partial charge >= 0.3 is 0 Å². The smallest absolute Gasteiger partial charge is 0.268 e. The second-order valence-corrected chi connectivity index (χ2v) is 10.8. The number of rotatable bonds is 8. The number of nitrogens with one attached hydrogen (secondary N) is 1. The zero-order valence-corrected chi connectivity index (χ0v) is 23.0. The van der Waals surface area contributed by atoms with Crippen molar-refractivity contribution in [3.63, 3.8) is 0 Å². The summed E-state index contributed by atoms with van der Waals surface area (Å²) in [4.78, 5) is 16.5. The third kappa shape index (κ3) is 5.54. The summed E-state index contributed by atoms with van der Waals surface area (Å²) in [5.74, 6) is -0.0870. The van der Waals surface area contributed by atoms with E-state index < -0.39 is 0 Å². The number of hydrogen-bond donors (Lipinski definition) is 1. The standard InChI is InChI=1S/C33H39N3O2/c1-23(2)34-33(37)32-31(30(26-13-9-24(3)10-14-26)27-15-11-25(4)12-16-27)28-7-5-6-8-29(28)36(32)18-17-35-19-21-38-22-20-35/h5-16,23,30H,17-22H2,1-4H3,(H,34,37). The van der Waals surface area contributed by atoms with Gasteiger partial charge in [-0.15, -0.1) is 0 Å². The number of nitrogens with zero attached hydrogens (tertiary/aromatic N) is 2. The van der Waals surface area contributed by atoms with Crippen LogP contribution in [0.5, 0.6) is 0 Å². The van der Waals surface area contributed by atoms with Crippen LogP contribution in [-0.2, 0) is 11.3 Å². The Labute approximate surface area is 226 Å². The van der Waals surface area contributed by atoms with Gasteiger partial charge in [-0.25, -0.2) is 0 Å². The van der Waals surface area contributed by atoms with Gasteiger partial charge in [0.2, 0.25) is 0 Å². The van der Waals surface area contributed by atoms with Crippen molar-refractivity contribution in [3.05, 3.63) is 106 Å². The van der Waals surface area contributed by atoms with Gasteiger partial charge in [0.15, 0.2) is 0 Å². The lowest BCUT2D eigenvalue weighted by molar-refractivity contribution is 0.0364. The summed E-state index contributed by atoms with van der Waals surface area (Å²) in [6, 6.07) is 26.1. The van der Waals surface area contributed by atoms with Crippen molar-refractivity contribution in [2.24, 2.45) is 0 Å². The monoisotopic (exact) mass is 509 g/mol. The number of aromatic nitrogens is 1. The number of fused-ring (bicyclic) bond motifs is 1. The van der Waals surface area contributed by atoms with Crippen LogP contribution in [0.25, 0.3) is 10.9 Å². The SMILES string of the molecule is Cc1ccc(C(c2ccc(C)cc2)c2c(C(=O)NC(C)C)n(CCN3CCOCC3)c3ccccc23)cc1. The average Bonchev–Trinajstić information content (AvgIpc) is 3.24. The topological polar surface area (TPSA) is 46.5 Å². The van der Waals surface area contributed by atoms with E-state index in [1.165, 1.54) is 22.3 Å². The van der Waals surface area contributed by atoms with Crippen LogP contribution in [0.2, 0.25) is 0 Å². The molecule has 1 aliphatic rings. The molecule has 0 atom stereocenters. The Balaban J connectivity index is 1.73. The summed E-state index contributed by atoms with van der Waals surface area (Å²) in [5.41, 5.74) is 7.77. The Morgan fingerprint density at radius 1 is 0.842 bits per heavy atom. The molecule has 5 heteroatoms. The minimum atomic E-state index is -0.0707. The van der Waals surface area contributed by atoms with Crippen molar-refractivity contribution < 1.29 is 9.53 Å². The van der Waals surface area contributed by atoms with Gasteiger partial charge in [0, 0.05) is 54.6 Å². The van der Waals surface area contributed by atoms with Gasteiger partial charge < -0.3 is 14.6 Å². The van der Waals surface area contributed by atoms with Crippen molar-refractivity contribution in [1.82, 2.24) is 14.8 Å². The molecule has 2 heterocycles. The summed E-state index contributed by atoms with van der Waals surface area (Å²) < 4.78 is 7.82. The highest BCUT2D eigenvalue weighted by Crippen LogP contribution is 2.40. The number of amides is 1. The number of ether oxygens (including phenoxy) is 1. The molecule has 0 unspecified atom stereocenters. The lowest BCUT2D eigenvalue weighted by atomic mass is 9.83. The van der Waals surface area contributed by atoms with Gasteiger partial charge in [-0.1, -0.05) is 77.9 Å². The molecule has 1 amide bonds. The highest BCUT2D eigenvalue weighted by atomic mass is 16.5. The van der Waals surface area contributed by atoms with Gasteiger partial charge in [0.1, 0.15) is 5.69 Å². The second kappa shape index (κ2) is 11.5. The molecule has 1 aromatic heterocycles. The van der Waals surface area contributed by atoms with Crippen LogP contribution in [0.4, 0.5) is 0 Å². The van der Waals surface area contributed by atoms with Crippen LogP contribution in [0.3, 0.4) is 0 Å². The van der Waals surface area contributed by atoms with E-state index in [1.807, 2.05) is 13.8 Å². The number of para-hydroxylation sites is 1. The maximum absolute atomic E-state index is 14.0. The van der Waals surface area contributed by atoms with Crippen LogP contribution < -0.4 is 5.32 Å². The first-order valence-corrected chi connectivity index (χ1v) is 13.8. The molecular formula is C33H39N3O2. The fraction of sp³-hybridized carbons (Fsp3) is 0.364. The van der Waals surface area contributed by atoms with E-state index in [9.17, 15) is 4.79 Å². The number of morpholine rings is 1. The normalized spacial score (nSPS) is 14.5. The van der Waals surface area contributed by atoms with Gasteiger partial charge in [-0.2, -0.15) is 0 Å². The second-order valence-electron chi connectivity index (χ2n) is 10.8. The lowest BCUT2D eigenvalue weighted by Crippen LogP contribution is -2.39. The van der Waals surface area contributed by atoms with Gasteiger partial charge in [0.05, 0.1) is 13.2 Å². The van der Waals surface area contributed by atoms with Crippen molar-refractivity contribution in [3.8, 4) is 0 Å². The first-order valence-electron chi connectivity index (χ1n) is 13.8. The third-order valence-corrected chi connectivity index (χ3v) is 7.50. The Hall–Kier alpha value is -3.41. The highest BCUT2D eigenvalue weighted by molar-refractivity contribution is 6.03. The molecule has 0 saturated carbocycles. The minimum Gasteiger partial charge on any atom is -0.379 e. The molecular weight excluding hydrogens is 470 g/mol. The van der Waals surface area contributed by atoms with Crippen LogP contribution in [0.15, 0.2) is 72.8 Å². The Kier molecular flexibility index (Phi) is 7.96. The van der Waals surface area contributed by atoms with Crippen LogP contribution in [-0.4, -0.2) is 54.3 Å². The van der Waals surface area contributed by atoms with E-state index in [0.29, 0.717) is 0 Å². The largest absolute Gasteiger partial charge is 0.379 e. The molecule has 0 bridgehead atoms. The average molecular weight is 510 g/mol. The molecule has 0 radical (unpaired) electrons. The molecule has 5 rings (SSSR count). The Morgan fingerprint density at radius 3 is 2.00 bits per heavy atom. The van der Waals surface area contributed by atoms with E-state index >= 15 is 0 Å². The van der Waals surface area contributed by atoms with Crippen molar-refractivity contribution in [1.29, 1.82) is 0 Å². The summed E-state index contributed by atoms with van der Waals surface area (Å²) in [6.45, 7) is 13.3. The summed E-state index contributed by atoms with van der Waals surface area (Å²) in [5, 5.41) is 4.36. The zero-order chi connectivity index (χ0) is 26.6. The minimum absolute atomic E-state index is 0.0163. The summed E-state index contributed by atoms with van der Waals surface area (Å²) in [7, 11) is 0. The Morgan fingerprint density at radius 2 is 1.42 bits per heavy atom. The number of aryl methyl sites for hydroxylation is 2. The molecule has 1 aliphatic heterocycles. The van der Waals surface area contributed by atoms with Gasteiger partial charge in [-0.05, 0) is 44.9 Å². The van der Waals surface area contributed by atoms with E-state index in [0.717, 1.165) is 61.6 Å². The molecule has 0 spiro atoms. The Bertz CT molecular complexity index is 1340. The predicted molar refractivity (Wildman–Crippen MR) is 155 cm³/mol. The van der Waals surface area contributed by atoms with E-state index in [1.54, 1.807) is 0 Å². The molecule has 1 N–H and O–H groups in total. The van der Waals surface area contributed by atoms with Crippen molar-refractivity contribution in [2.45, 2.75) is 46.2 Å². The highest BCUT2D eigenvalue weighted by Gasteiger charge is 2.30. The van der Waals surface area contributed by atoms with E-state index in [-0.39, 0.29) is 17.9 Å². The zero-order valence-electron chi connectivity index (χ0n) is 23.0. The van der Waals surface area contributed by atoms with Crippen LogP contribution >= 0.6 is 0 Å². The molecule has 5 nitrogen and oxygen atoms in total. The maximum Gasteiger partial charge on any atom is 0.268 e. The number of hydrogen-bond acceptors (Lipinski definition) is 3. The lowest BCUT2D eigenvalue weighted by Gasteiger charge is -2.27. The first kappa shape index (κ1) is 26.2. The molecule has 1 fully saturated rings. The van der Waals surface area contributed by atoms with Crippen molar-refractivity contribution in [2.75, 3.05) is 32.8 Å². The molecule has 1 saturated heterocycles. The fourth-order valence-corrected chi connectivity index (χ4v) is 5.54. The molecule has 38 heavy (non-hydrogen) atoms. The first-order chi connectivity index (χ1) is 18.4. The third-order valence-electron chi connectivity index (χ3n) is 7.50. The number of carbonyl (C=O) groups excluding carboxylic acids is 1. The van der Waals surface area contributed by atoms with Crippen LogP contribution in [0.1, 0.15) is 58.1 Å². The molecule has 198 valence electrons. The summed E-state index contributed by atoms with van der Waals surface area (Å²) >= 11 is 0. The molecule has 4 aromatic rings. The van der Waals surface area contributed by atoms with Crippen molar-refractivity contribution >= 4 is 16.8 Å².